The number of nitrogens with one attached hydrogen (secondary N) is 1. The standard InChI is InChI=1S/C33H43N3O6S/c1-6-9-21-34-33(38)31(7-2)35(23-26-11-10-12-29(22-26)41-5)32(37)24-36(27-15-13-25(4)14-16-27)43(39,40)30-19-17-28(18-20-30)42-8-3/h10-20,22,31H,6-9,21,23-24H2,1-5H3,(H,34,38)/t31-/m0/s1. The lowest BCUT2D eigenvalue weighted by Gasteiger charge is -2.33. The summed E-state index contributed by atoms with van der Waals surface area (Å²) >= 11 is 0. The number of hydrogen-bond donors (Lipinski definition) is 1. The molecule has 9 nitrogen and oxygen atoms in total. The molecule has 2 amide bonds. The number of nitrogens with zero attached hydrogens (tertiary/aromatic N) is 2. The number of unbranched alkanes of at least 4 members (excludes halogenated alkanes) is 1. The van der Waals surface area contributed by atoms with Gasteiger partial charge in [0.25, 0.3) is 10.0 Å². The summed E-state index contributed by atoms with van der Waals surface area (Å²) in [5, 5.41) is 2.94. The second kappa shape index (κ2) is 16.0. The minimum Gasteiger partial charge on any atom is -0.497 e. The Balaban J connectivity index is 2.03. The van der Waals surface area contributed by atoms with Crippen LogP contribution in [0.2, 0.25) is 0 Å². The summed E-state index contributed by atoms with van der Waals surface area (Å²) in [6.45, 7) is 8.16. The molecule has 1 atom stereocenters. The van der Waals surface area contributed by atoms with Crippen molar-refractivity contribution in [2.75, 3.05) is 31.1 Å². The number of benzene rings is 3. The van der Waals surface area contributed by atoms with Gasteiger partial charge in [-0.25, -0.2) is 8.42 Å². The molecular weight excluding hydrogens is 566 g/mol. The minimum absolute atomic E-state index is 0.0213. The van der Waals surface area contributed by atoms with Crippen LogP contribution in [-0.4, -0.2) is 58.0 Å². The molecule has 0 saturated carbocycles. The van der Waals surface area contributed by atoms with E-state index < -0.39 is 28.5 Å². The third-order valence-electron chi connectivity index (χ3n) is 7.03. The predicted molar refractivity (Wildman–Crippen MR) is 169 cm³/mol. The molecule has 232 valence electrons. The number of anilines is 1. The van der Waals surface area contributed by atoms with Gasteiger partial charge in [-0.05, 0) is 80.8 Å². The molecule has 3 rings (SSSR count). The Hall–Kier alpha value is -4.05. The van der Waals surface area contributed by atoms with E-state index in [2.05, 4.69) is 5.32 Å². The number of carbonyl (C=O) groups excluding carboxylic acids is 2. The summed E-state index contributed by atoms with van der Waals surface area (Å²) in [4.78, 5) is 29.0. The second-order valence-electron chi connectivity index (χ2n) is 10.2. The highest BCUT2D eigenvalue weighted by atomic mass is 32.2. The van der Waals surface area contributed by atoms with Gasteiger partial charge in [0.1, 0.15) is 24.1 Å². The first-order valence-corrected chi connectivity index (χ1v) is 16.1. The number of amides is 2. The van der Waals surface area contributed by atoms with Gasteiger partial charge >= 0.3 is 0 Å². The smallest absolute Gasteiger partial charge is 0.264 e. The van der Waals surface area contributed by atoms with Gasteiger partial charge in [-0.2, -0.15) is 0 Å². The van der Waals surface area contributed by atoms with Crippen LogP contribution in [0, 0.1) is 6.92 Å². The summed E-state index contributed by atoms with van der Waals surface area (Å²) in [7, 11) is -2.61. The Morgan fingerprint density at radius 3 is 2.23 bits per heavy atom. The number of hydrogen-bond acceptors (Lipinski definition) is 6. The first-order chi connectivity index (χ1) is 20.6. The second-order valence-corrected chi connectivity index (χ2v) is 12.1. The van der Waals surface area contributed by atoms with Crippen molar-refractivity contribution < 1.29 is 27.5 Å². The number of rotatable bonds is 16. The normalized spacial score (nSPS) is 11.8. The van der Waals surface area contributed by atoms with Crippen molar-refractivity contribution in [2.45, 2.75) is 64.4 Å². The van der Waals surface area contributed by atoms with Crippen LogP contribution in [0.15, 0.2) is 77.7 Å². The third-order valence-corrected chi connectivity index (χ3v) is 8.81. The SMILES string of the molecule is CCCCNC(=O)[C@H](CC)N(Cc1cccc(OC)c1)C(=O)CN(c1ccc(C)cc1)S(=O)(=O)c1ccc(OCC)cc1. The molecule has 3 aromatic rings. The first-order valence-electron chi connectivity index (χ1n) is 14.7. The fourth-order valence-electron chi connectivity index (χ4n) is 4.63. The summed E-state index contributed by atoms with van der Waals surface area (Å²) in [6.07, 6.45) is 2.08. The molecule has 3 aromatic carbocycles. The highest BCUT2D eigenvalue weighted by molar-refractivity contribution is 7.92. The fraction of sp³-hybridized carbons (Fsp3) is 0.394. The van der Waals surface area contributed by atoms with E-state index in [0.717, 1.165) is 28.3 Å². The van der Waals surface area contributed by atoms with Crippen molar-refractivity contribution in [3.05, 3.63) is 83.9 Å². The Morgan fingerprint density at radius 2 is 1.63 bits per heavy atom. The Kier molecular flexibility index (Phi) is 12.4. The van der Waals surface area contributed by atoms with Crippen molar-refractivity contribution >= 4 is 27.5 Å². The summed E-state index contributed by atoms with van der Waals surface area (Å²) in [6, 6.07) is 19.5. The van der Waals surface area contributed by atoms with Crippen LogP contribution < -0.4 is 19.1 Å². The van der Waals surface area contributed by atoms with Gasteiger partial charge < -0.3 is 19.7 Å². The van der Waals surface area contributed by atoms with E-state index in [4.69, 9.17) is 9.47 Å². The van der Waals surface area contributed by atoms with Gasteiger partial charge in [0.2, 0.25) is 11.8 Å². The fourth-order valence-corrected chi connectivity index (χ4v) is 6.05. The number of methoxy groups -OCH3 is 1. The Morgan fingerprint density at radius 1 is 0.930 bits per heavy atom. The topological polar surface area (TPSA) is 105 Å². The Labute approximate surface area is 255 Å². The van der Waals surface area contributed by atoms with Crippen molar-refractivity contribution in [1.29, 1.82) is 0 Å². The van der Waals surface area contributed by atoms with Crippen molar-refractivity contribution in [3.8, 4) is 11.5 Å². The molecule has 1 N–H and O–H groups in total. The largest absolute Gasteiger partial charge is 0.497 e. The maximum Gasteiger partial charge on any atom is 0.264 e. The van der Waals surface area contributed by atoms with Crippen LogP contribution in [0.5, 0.6) is 11.5 Å². The zero-order valence-electron chi connectivity index (χ0n) is 25.7. The van der Waals surface area contributed by atoms with Crippen LogP contribution in [-0.2, 0) is 26.2 Å². The third kappa shape index (κ3) is 8.97. The maximum atomic E-state index is 14.2. The molecule has 0 aliphatic carbocycles. The minimum atomic E-state index is -4.17. The number of sulfonamides is 1. The number of ether oxygens (including phenoxy) is 2. The highest BCUT2D eigenvalue weighted by Crippen LogP contribution is 2.27. The van der Waals surface area contributed by atoms with E-state index in [-0.39, 0.29) is 17.3 Å². The quantitative estimate of drug-likeness (QED) is 0.221. The summed E-state index contributed by atoms with van der Waals surface area (Å²) in [5.41, 5.74) is 2.04. The predicted octanol–water partition coefficient (Wildman–Crippen LogP) is 5.32. The molecule has 10 heteroatoms. The van der Waals surface area contributed by atoms with Gasteiger partial charge in [-0.3, -0.25) is 13.9 Å². The molecule has 0 aliphatic heterocycles. The Bertz CT molecular complexity index is 1440. The van der Waals surface area contributed by atoms with Crippen molar-refractivity contribution in [3.63, 3.8) is 0 Å². The van der Waals surface area contributed by atoms with Gasteiger partial charge in [0, 0.05) is 13.1 Å². The molecule has 0 saturated heterocycles. The zero-order chi connectivity index (χ0) is 31.4. The van der Waals surface area contributed by atoms with Gasteiger partial charge in [0.15, 0.2) is 0 Å². The zero-order valence-corrected chi connectivity index (χ0v) is 26.5. The van der Waals surface area contributed by atoms with Crippen LogP contribution in [0.4, 0.5) is 5.69 Å². The van der Waals surface area contributed by atoms with Crippen LogP contribution in [0.3, 0.4) is 0 Å². The highest BCUT2D eigenvalue weighted by Gasteiger charge is 2.33. The summed E-state index contributed by atoms with van der Waals surface area (Å²) in [5.74, 6) is 0.382. The molecule has 43 heavy (non-hydrogen) atoms. The molecule has 0 fully saturated rings. The van der Waals surface area contributed by atoms with E-state index in [1.54, 1.807) is 55.6 Å². The van der Waals surface area contributed by atoms with E-state index in [9.17, 15) is 18.0 Å². The van der Waals surface area contributed by atoms with Gasteiger partial charge in [0.05, 0.1) is 24.3 Å². The molecule has 0 radical (unpaired) electrons. The summed E-state index contributed by atoms with van der Waals surface area (Å²) < 4.78 is 40.1. The molecule has 0 unspecified atom stereocenters. The van der Waals surface area contributed by atoms with E-state index >= 15 is 0 Å². The van der Waals surface area contributed by atoms with Crippen LogP contribution >= 0.6 is 0 Å². The van der Waals surface area contributed by atoms with Gasteiger partial charge in [-0.15, -0.1) is 0 Å². The maximum absolute atomic E-state index is 14.2. The average Bonchev–Trinajstić information content (AvgIpc) is 3.00. The molecule has 0 bridgehead atoms. The van der Waals surface area contributed by atoms with E-state index in [1.165, 1.54) is 17.0 Å². The number of carbonyl (C=O) groups is 2. The number of aryl methyl sites for hydroxylation is 1. The molecule has 0 heterocycles. The van der Waals surface area contributed by atoms with Crippen molar-refractivity contribution in [2.24, 2.45) is 0 Å². The lowest BCUT2D eigenvalue weighted by molar-refractivity contribution is -0.140. The molecular formula is C33H43N3O6S. The van der Waals surface area contributed by atoms with Crippen LogP contribution in [0.1, 0.15) is 51.2 Å². The first kappa shape index (κ1) is 33.5. The monoisotopic (exact) mass is 609 g/mol. The molecule has 0 aliphatic rings. The lowest BCUT2D eigenvalue weighted by Crippen LogP contribution is -2.52. The van der Waals surface area contributed by atoms with E-state index in [0.29, 0.717) is 36.8 Å². The van der Waals surface area contributed by atoms with Gasteiger partial charge in [-0.1, -0.05) is 50.1 Å². The lowest BCUT2D eigenvalue weighted by atomic mass is 10.1. The van der Waals surface area contributed by atoms with Crippen LogP contribution in [0.25, 0.3) is 0 Å². The average molecular weight is 610 g/mol. The van der Waals surface area contributed by atoms with E-state index in [1.807, 2.05) is 39.8 Å². The molecule has 0 spiro atoms. The molecule has 0 aromatic heterocycles. The van der Waals surface area contributed by atoms with Crippen molar-refractivity contribution in [1.82, 2.24) is 10.2 Å².